The van der Waals surface area contributed by atoms with E-state index in [1.165, 1.54) is 96.3 Å². The molecule has 0 heterocycles. The molecule has 0 rings (SSSR count). The van der Waals surface area contributed by atoms with Crippen LogP contribution in [0.5, 0.6) is 0 Å². The Morgan fingerprint density at radius 2 is 0.578 bits per heavy atom. The molecule has 0 amide bonds. The van der Waals surface area contributed by atoms with E-state index in [0.29, 0.717) is 37.5 Å². The minimum absolute atomic E-state index is 0.101. The van der Waals surface area contributed by atoms with E-state index >= 15 is 0 Å². The lowest BCUT2D eigenvalue weighted by atomic mass is 9.99. The maximum Gasteiger partial charge on any atom is 0.472 e. The third kappa shape index (κ3) is 56.3. The van der Waals surface area contributed by atoms with Crippen molar-refractivity contribution in [3.05, 3.63) is 0 Å². The Hall–Kier alpha value is -1.94. The number of unbranched alkanes of at least 4 members (excludes halogenated alkanes) is 25. The molecule has 0 aliphatic heterocycles. The zero-order chi connectivity index (χ0) is 61.8. The predicted molar refractivity (Wildman–Crippen MR) is 331 cm³/mol. The molecule has 19 heteroatoms. The molecule has 0 radical (unpaired) electrons. The SMILES string of the molecule is CCC(C)CCCCCCCCCCCCC(=O)O[C@H](COC(=O)CCCCCCCCCC(C)C)COP(=O)(O)OCC(O)COP(=O)(O)OC[C@@H](COC(=O)CCCCCCCCC(C)C)OC(=O)CCCCCCCCC(C)CC. The van der Waals surface area contributed by atoms with Gasteiger partial charge in [0.1, 0.15) is 19.3 Å². The van der Waals surface area contributed by atoms with Crippen LogP contribution < -0.4 is 0 Å². The highest BCUT2D eigenvalue weighted by Gasteiger charge is 2.30. The lowest BCUT2D eigenvalue weighted by molar-refractivity contribution is -0.161. The van der Waals surface area contributed by atoms with Crippen molar-refractivity contribution in [2.45, 2.75) is 324 Å². The van der Waals surface area contributed by atoms with Crippen LogP contribution in [-0.4, -0.2) is 96.7 Å². The highest BCUT2D eigenvalue weighted by atomic mass is 31.2. The van der Waals surface area contributed by atoms with Gasteiger partial charge in [-0.3, -0.25) is 37.3 Å². The predicted octanol–water partition coefficient (Wildman–Crippen LogP) is 17.4. The number of hydrogen-bond acceptors (Lipinski definition) is 15. The van der Waals surface area contributed by atoms with Gasteiger partial charge in [0.15, 0.2) is 12.2 Å². The van der Waals surface area contributed by atoms with Gasteiger partial charge in [-0.2, -0.15) is 0 Å². The topological polar surface area (TPSA) is 237 Å². The molecule has 0 fully saturated rings. The number of phosphoric acid groups is 2. The van der Waals surface area contributed by atoms with E-state index in [1.54, 1.807) is 0 Å². The van der Waals surface area contributed by atoms with Crippen LogP contribution in [0.1, 0.15) is 306 Å². The average molecular weight is 1230 g/mol. The summed E-state index contributed by atoms with van der Waals surface area (Å²) < 4.78 is 68.0. The second-order valence-corrected chi connectivity index (χ2v) is 27.5. The molecule has 492 valence electrons. The first-order chi connectivity index (χ1) is 39.7. The number of aliphatic hydroxyl groups excluding tert-OH is 1. The minimum Gasteiger partial charge on any atom is -0.462 e. The first-order valence-corrected chi connectivity index (χ1v) is 36.3. The van der Waals surface area contributed by atoms with Crippen LogP contribution in [-0.2, 0) is 65.4 Å². The summed E-state index contributed by atoms with van der Waals surface area (Å²) in [6.07, 6.45) is 33.6. The van der Waals surface area contributed by atoms with Gasteiger partial charge in [-0.15, -0.1) is 0 Å². The molecule has 0 aromatic heterocycles. The zero-order valence-corrected chi connectivity index (χ0v) is 55.6. The third-order valence-corrected chi connectivity index (χ3v) is 17.2. The highest BCUT2D eigenvalue weighted by Crippen LogP contribution is 2.45. The van der Waals surface area contributed by atoms with Crippen molar-refractivity contribution in [1.82, 2.24) is 0 Å². The molecular formula is C64H124O17P2. The summed E-state index contributed by atoms with van der Waals surface area (Å²) in [7, 11) is -9.89. The fourth-order valence-electron chi connectivity index (χ4n) is 9.36. The fraction of sp³-hybridized carbons (Fsp3) is 0.938. The van der Waals surface area contributed by atoms with Crippen molar-refractivity contribution in [3.63, 3.8) is 0 Å². The van der Waals surface area contributed by atoms with Crippen LogP contribution in [0, 0.1) is 23.7 Å². The van der Waals surface area contributed by atoms with E-state index in [2.05, 4.69) is 55.4 Å². The van der Waals surface area contributed by atoms with Gasteiger partial charge < -0.3 is 33.8 Å². The Bertz CT molecular complexity index is 1670. The molecular weight excluding hydrogens is 1100 g/mol. The number of hydrogen-bond donors (Lipinski definition) is 3. The Balaban J connectivity index is 5.25. The third-order valence-electron chi connectivity index (χ3n) is 15.3. The number of rotatable bonds is 61. The average Bonchev–Trinajstić information content (AvgIpc) is 3.45. The second kappa shape index (κ2) is 54.2. The fourth-order valence-corrected chi connectivity index (χ4v) is 10.9. The number of carbonyl (C=O) groups excluding carboxylic acids is 4. The van der Waals surface area contributed by atoms with Crippen molar-refractivity contribution in [1.29, 1.82) is 0 Å². The number of ether oxygens (including phenoxy) is 4. The van der Waals surface area contributed by atoms with Gasteiger partial charge in [0, 0.05) is 25.7 Å². The summed E-state index contributed by atoms with van der Waals surface area (Å²) in [4.78, 5) is 72.2. The molecule has 5 unspecified atom stereocenters. The van der Waals surface area contributed by atoms with Crippen LogP contribution in [0.2, 0.25) is 0 Å². The molecule has 0 aliphatic rings. The molecule has 3 N–H and O–H groups in total. The quantitative estimate of drug-likeness (QED) is 0.0222. The van der Waals surface area contributed by atoms with Crippen molar-refractivity contribution in [2.24, 2.45) is 23.7 Å². The second-order valence-electron chi connectivity index (χ2n) is 24.6. The van der Waals surface area contributed by atoms with Gasteiger partial charge in [-0.25, -0.2) is 9.13 Å². The maximum atomic E-state index is 13.0. The molecule has 83 heavy (non-hydrogen) atoms. The molecule has 0 aromatic rings. The molecule has 0 aliphatic carbocycles. The van der Waals surface area contributed by atoms with E-state index in [-0.39, 0.29) is 25.7 Å². The highest BCUT2D eigenvalue weighted by molar-refractivity contribution is 7.47. The van der Waals surface area contributed by atoms with Crippen LogP contribution in [0.3, 0.4) is 0 Å². The number of esters is 4. The van der Waals surface area contributed by atoms with Crippen molar-refractivity contribution >= 4 is 39.5 Å². The van der Waals surface area contributed by atoms with E-state index in [9.17, 15) is 43.2 Å². The molecule has 0 bridgehead atoms. The Morgan fingerprint density at radius 3 is 0.855 bits per heavy atom. The van der Waals surface area contributed by atoms with Crippen molar-refractivity contribution in [3.8, 4) is 0 Å². The van der Waals surface area contributed by atoms with Crippen LogP contribution in [0.25, 0.3) is 0 Å². The van der Waals surface area contributed by atoms with Gasteiger partial charge >= 0.3 is 39.5 Å². The summed E-state index contributed by atoms with van der Waals surface area (Å²) >= 11 is 0. The van der Waals surface area contributed by atoms with Gasteiger partial charge in [-0.05, 0) is 49.4 Å². The van der Waals surface area contributed by atoms with E-state index < -0.39 is 97.5 Å². The van der Waals surface area contributed by atoms with Gasteiger partial charge in [0.05, 0.1) is 26.4 Å². The van der Waals surface area contributed by atoms with Crippen molar-refractivity contribution < 1.29 is 80.2 Å². The first-order valence-electron chi connectivity index (χ1n) is 33.3. The van der Waals surface area contributed by atoms with Crippen LogP contribution in [0.15, 0.2) is 0 Å². The minimum atomic E-state index is -4.95. The first kappa shape index (κ1) is 81.1. The Morgan fingerprint density at radius 1 is 0.337 bits per heavy atom. The molecule has 0 aromatic carbocycles. The van der Waals surface area contributed by atoms with E-state index in [4.69, 9.17) is 37.0 Å². The van der Waals surface area contributed by atoms with Crippen LogP contribution >= 0.6 is 15.6 Å². The van der Waals surface area contributed by atoms with E-state index in [0.717, 1.165) is 115 Å². The van der Waals surface area contributed by atoms with E-state index in [1.807, 2.05) is 0 Å². The summed E-state index contributed by atoms with van der Waals surface area (Å²) in [5.41, 5.74) is 0. The smallest absolute Gasteiger partial charge is 0.462 e. The van der Waals surface area contributed by atoms with Crippen molar-refractivity contribution in [2.75, 3.05) is 39.6 Å². The normalized spacial score (nSPS) is 15.1. The zero-order valence-electron chi connectivity index (χ0n) is 53.8. The summed E-state index contributed by atoms with van der Waals surface area (Å²) in [6, 6.07) is 0. The number of phosphoric ester groups is 2. The molecule has 17 nitrogen and oxygen atoms in total. The lowest BCUT2D eigenvalue weighted by Gasteiger charge is -2.21. The van der Waals surface area contributed by atoms with Gasteiger partial charge in [-0.1, -0.05) is 254 Å². The van der Waals surface area contributed by atoms with Gasteiger partial charge in [0.2, 0.25) is 0 Å². The summed E-state index contributed by atoms with van der Waals surface area (Å²) in [6.45, 7) is 13.9. The number of carbonyl (C=O) groups is 4. The Labute approximate surface area is 505 Å². The standard InChI is InChI=1S/C64H124O17P2/c1-9-56(7)42-34-26-17-13-11-12-14-18-30-38-46-63(68)80-59(50-74-61(66)44-36-28-19-15-16-24-32-40-54(3)4)52-78-82(70,71)76-48-58(65)49-77-83(72,73)79-53-60(51-75-62(67)45-37-29-22-20-25-33-41-55(5)6)81-64(69)47-39-31-23-21-27-35-43-57(8)10-2/h54-60,65H,9-53H2,1-8H3,(H,70,71)(H,72,73)/t56?,57?,58?,59-,60-/m1/s1. The van der Waals surface area contributed by atoms with Gasteiger partial charge in [0.25, 0.3) is 0 Å². The molecule has 7 atom stereocenters. The monoisotopic (exact) mass is 1230 g/mol. The largest absolute Gasteiger partial charge is 0.472 e. The van der Waals surface area contributed by atoms with Crippen LogP contribution in [0.4, 0.5) is 0 Å². The number of aliphatic hydroxyl groups is 1. The summed E-state index contributed by atoms with van der Waals surface area (Å²) in [5, 5.41) is 10.5. The lowest BCUT2D eigenvalue weighted by Crippen LogP contribution is -2.30. The summed E-state index contributed by atoms with van der Waals surface area (Å²) in [5.74, 6) is 0.764. The molecule has 0 spiro atoms. The Kier molecular flexibility index (Phi) is 53.0. The maximum absolute atomic E-state index is 13.0. The molecule has 0 saturated carbocycles. The molecule has 0 saturated heterocycles.